The van der Waals surface area contributed by atoms with Crippen molar-refractivity contribution in [1.82, 2.24) is 14.4 Å². The molecule has 1 amide bonds. The van der Waals surface area contributed by atoms with Crippen molar-refractivity contribution in [3.63, 3.8) is 0 Å². The monoisotopic (exact) mass is 365 g/mol. The Morgan fingerprint density at radius 1 is 1.00 bits per heavy atom. The minimum atomic E-state index is 0.00234. The largest absolute Gasteiger partial charge is 0.336 e. The minimum Gasteiger partial charge on any atom is -0.336 e. The van der Waals surface area contributed by atoms with Crippen LogP contribution in [0.1, 0.15) is 36.3 Å². The zero-order chi connectivity index (χ0) is 19.0. The maximum absolute atomic E-state index is 13.5. The van der Waals surface area contributed by atoms with E-state index in [1.54, 1.807) is 10.6 Å². The maximum atomic E-state index is 13.5. The van der Waals surface area contributed by atoms with Gasteiger partial charge in [-0.05, 0) is 32.3 Å². The van der Waals surface area contributed by atoms with Gasteiger partial charge < -0.3 is 9.47 Å². The first-order valence-electron chi connectivity index (χ1n) is 9.91. The smallest absolute Gasteiger partial charge is 0.256 e. The number of carbonyl (C=O) groups excluding carboxylic acids is 1. The van der Waals surface area contributed by atoms with Crippen LogP contribution in [0.2, 0.25) is 0 Å². The zero-order valence-corrected chi connectivity index (χ0v) is 16.1. The highest BCUT2D eigenvalue weighted by molar-refractivity contribution is 6.02. The van der Waals surface area contributed by atoms with Crippen LogP contribution in [0.5, 0.6) is 0 Å². The van der Waals surface area contributed by atoms with Gasteiger partial charge in [-0.3, -0.25) is 14.5 Å². The third-order valence-electron chi connectivity index (χ3n) is 5.84. The second-order valence-electron chi connectivity index (χ2n) is 7.76. The molecular weight excluding hydrogens is 338 g/mol. The number of hydrogen-bond acceptors (Lipinski definition) is 3. The van der Waals surface area contributed by atoms with E-state index in [4.69, 9.17) is 0 Å². The van der Waals surface area contributed by atoms with Crippen molar-refractivity contribution in [2.75, 3.05) is 26.2 Å². The summed E-state index contributed by atoms with van der Waals surface area (Å²) in [5, 5.41) is 0. The summed E-state index contributed by atoms with van der Waals surface area (Å²) in [6, 6.07) is 12.0. The molecule has 0 N–H and O–H groups in total. The Balaban J connectivity index is 1.75. The number of nitrogens with zero attached hydrogens (tertiary/aromatic N) is 3. The van der Waals surface area contributed by atoms with Gasteiger partial charge in [0.1, 0.15) is 0 Å². The summed E-state index contributed by atoms with van der Waals surface area (Å²) in [5.74, 6) is 0.0721. The van der Waals surface area contributed by atoms with Crippen LogP contribution in [0.3, 0.4) is 0 Å². The third-order valence-corrected chi connectivity index (χ3v) is 5.84. The summed E-state index contributed by atoms with van der Waals surface area (Å²) < 4.78 is 1.80. The van der Waals surface area contributed by atoms with Crippen LogP contribution in [0.15, 0.2) is 41.2 Å². The first-order chi connectivity index (χ1) is 13.1. The van der Waals surface area contributed by atoms with Crippen molar-refractivity contribution in [2.24, 2.45) is 0 Å². The lowest BCUT2D eigenvalue weighted by atomic mass is 9.96. The van der Waals surface area contributed by atoms with Gasteiger partial charge in [0.15, 0.2) is 0 Å². The van der Waals surface area contributed by atoms with Crippen LogP contribution in [0.25, 0.3) is 11.1 Å². The zero-order valence-electron chi connectivity index (χ0n) is 16.1. The normalized spacial score (nSPS) is 17.4. The number of fused-ring (bicyclic) bond motifs is 1. The first kappa shape index (κ1) is 18.0. The fourth-order valence-electron chi connectivity index (χ4n) is 4.29. The maximum Gasteiger partial charge on any atom is 0.256 e. The molecule has 4 rings (SSSR count). The summed E-state index contributed by atoms with van der Waals surface area (Å²) >= 11 is 0. The lowest BCUT2D eigenvalue weighted by molar-refractivity contribution is 0.0594. The Bertz CT molecular complexity index is 894. The van der Waals surface area contributed by atoms with Gasteiger partial charge in [0.05, 0.1) is 5.56 Å². The molecule has 1 fully saturated rings. The Morgan fingerprint density at radius 2 is 1.70 bits per heavy atom. The van der Waals surface area contributed by atoms with E-state index in [-0.39, 0.29) is 11.5 Å². The molecule has 0 saturated carbocycles. The lowest BCUT2D eigenvalue weighted by Crippen LogP contribution is -2.51. The Kier molecular flexibility index (Phi) is 4.87. The molecular formula is C22H27N3O2. The molecule has 0 aliphatic carbocycles. The molecule has 1 aromatic heterocycles. The number of rotatable bonds is 3. The second-order valence-corrected chi connectivity index (χ2v) is 7.76. The molecule has 27 heavy (non-hydrogen) atoms. The van der Waals surface area contributed by atoms with Crippen LogP contribution in [-0.4, -0.2) is 52.5 Å². The van der Waals surface area contributed by atoms with E-state index in [0.29, 0.717) is 12.6 Å². The van der Waals surface area contributed by atoms with Crippen LogP contribution < -0.4 is 5.56 Å². The molecule has 2 aliphatic heterocycles. The van der Waals surface area contributed by atoms with E-state index in [0.717, 1.165) is 61.4 Å². The molecule has 1 aromatic carbocycles. The van der Waals surface area contributed by atoms with Gasteiger partial charge in [-0.15, -0.1) is 0 Å². The van der Waals surface area contributed by atoms with E-state index in [9.17, 15) is 9.59 Å². The van der Waals surface area contributed by atoms with Crippen LogP contribution in [-0.2, 0) is 13.0 Å². The number of carbonyl (C=O) groups is 1. The number of benzene rings is 1. The summed E-state index contributed by atoms with van der Waals surface area (Å²) in [4.78, 5) is 30.5. The molecule has 2 aliphatic rings. The molecule has 142 valence electrons. The number of pyridine rings is 1. The topological polar surface area (TPSA) is 45.6 Å². The molecule has 0 radical (unpaired) electrons. The van der Waals surface area contributed by atoms with Gasteiger partial charge >= 0.3 is 0 Å². The molecule has 1 saturated heterocycles. The predicted octanol–water partition coefficient (Wildman–Crippen LogP) is 2.63. The lowest BCUT2D eigenvalue weighted by Gasteiger charge is -2.37. The summed E-state index contributed by atoms with van der Waals surface area (Å²) in [6.45, 7) is 8.39. The van der Waals surface area contributed by atoms with Crippen LogP contribution >= 0.6 is 0 Å². The van der Waals surface area contributed by atoms with Gasteiger partial charge in [0, 0.05) is 56.1 Å². The minimum absolute atomic E-state index is 0.00234. The molecule has 3 heterocycles. The van der Waals surface area contributed by atoms with E-state index >= 15 is 0 Å². The standard InChI is InChI=1S/C22H27N3O2/c1-16(2)23-11-13-24(14-12-23)22(27)21-18(17-7-4-3-5-8-17)15-20(26)25-10-6-9-19(21)25/h3-5,7-8,15-16H,6,9-14H2,1-2H3. The fourth-order valence-corrected chi connectivity index (χ4v) is 4.29. The molecule has 2 aromatic rings. The van der Waals surface area contributed by atoms with Gasteiger partial charge in [-0.25, -0.2) is 0 Å². The van der Waals surface area contributed by atoms with E-state index in [1.165, 1.54) is 0 Å². The van der Waals surface area contributed by atoms with Crippen LogP contribution in [0, 0.1) is 0 Å². The Morgan fingerprint density at radius 3 is 2.37 bits per heavy atom. The Hall–Kier alpha value is -2.40. The highest BCUT2D eigenvalue weighted by Crippen LogP contribution is 2.29. The quantitative estimate of drug-likeness (QED) is 0.840. The summed E-state index contributed by atoms with van der Waals surface area (Å²) in [6.07, 6.45) is 1.72. The van der Waals surface area contributed by atoms with Crippen LogP contribution in [0.4, 0.5) is 0 Å². The average molecular weight is 365 g/mol. The van der Waals surface area contributed by atoms with Crippen molar-refractivity contribution < 1.29 is 4.79 Å². The molecule has 0 spiro atoms. The van der Waals surface area contributed by atoms with E-state index < -0.39 is 0 Å². The molecule has 0 bridgehead atoms. The fraction of sp³-hybridized carbons (Fsp3) is 0.455. The predicted molar refractivity (Wildman–Crippen MR) is 107 cm³/mol. The average Bonchev–Trinajstić information content (AvgIpc) is 3.18. The van der Waals surface area contributed by atoms with Crippen molar-refractivity contribution in [1.29, 1.82) is 0 Å². The molecule has 0 unspecified atom stereocenters. The summed E-state index contributed by atoms with van der Waals surface area (Å²) in [7, 11) is 0. The SMILES string of the molecule is CC(C)N1CCN(C(=O)c2c(-c3ccccc3)cc(=O)n3c2CCC3)CC1. The number of aromatic nitrogens is 1. The molecule has 5 heteroatoms. The number of amides is 1. The Labute approximate surface area is 160 Å². The number of piperazine rings is 1. The summed E-state index contributed by atoms with van der Waals surface area (Å²) in [5.41, 5.74) is 3.37. The second kappa shape index (κ2) is 7.31. The van der Waals surface area contributed by atoms with Gasteiger partial charge in [-0.1, -0.05) is 30.3 Å². The highest BCUT2D eigenvalue weighted by atomic mass is 16.2. The van der Waals surface area contributed by atoms with Gasteiger partial charge in [0.25, 0.3) is 11.5 Å². The first-order valence-corrected chi connectivity index (χ1v) is 9.91. The van der Waals surface area contributed by atoms with E-state index in [1.807, 2.05) is 35.2 Å². The third kappa shape index (κ3) is 3.32. The van der Waals surface area contributed by atoms with Crippen molar-refractivity contribution in [3.8, 4) is 11.1 Å². The number of hydrogen-bond donors (Lipinski definition) is 0. The highest BCUT2D eigenvalue weighted by Gasteiger charge is 2.30. The van der Waals surface area contributed by atoms with Crippen molar-refractivity contribution in [2.45, 2.75) is 39.3 Å². The van der Waals surface area contributed by atoms with E-state index in [2.05, 4.69) is 18.7 Å². The molecule has 5 nitrogen and oxygen atoms in total. The van der Waals surface area contributed by atoms with Crippen molar-refractivity contribution >= 4 is 5.91 Å². The van der Waals surface area contributed by atoms with Gasteiger partial charge in [0.2, 0.25) is 0 Å². The van der Waals surface area contributed by atoms with Gasteiger partial charge in [-0.2, -0.15) is 0 Å². The van der Waals surface area contributed by atoms with Crippen molar-refractivity contribution in [3.05, 3.63) is 58.0 Å². The molecule has 0 atom stereocenters.